The van der Waals surface area contributed by atoms with Gasteiger partial charge < -0.3 is 9.72 Å². The van der Waals surface area contributed by atoms with E-state index in [1.54, 1.807) is 0 Å². The number of H-pyrrole nitrogens is 2. The predicted molar refractivity (Wildman–Crippen MR) is 125 cm³/mol. The van der Waals surface area contributed by atoms with Gasteiger partial charge in [0.15, 0.2) is 5.82 Å². The van der Waals surface area contributed by atoms with Crippen molar-refractivity contribution in [2.24, 2.45) is 4.99 Å². The molecule has 1 saturated heterocycles. The molecule has 4 heterocycles. The Morgan fingerprint density at radius 2 is 2.03 bits per heavy atom. The molecule has 2 aliphatic heterocycles. The van der Waals surface area contributed by atoms with Gasteiger partial charge in [0.2, 0.25) is 0 Å². The molecular formula is C23H26N4O3S. The van der Waals surface area contributed by atoms with Gasteiger partial charge in [-0.2, -0.15) is 0 Å². The predicted octanol–water partition coefficient (Wildman–Crippen LogP) is 4.34. The van der Waals surface area contributed by atoms with Crippen molar-refractivity contribution in [1.82, 2.24) is 14.8 Å². The molecule has 1 fully saturated rings. The quantitative estimate of drug-likeness (QED) is 0.622. The number of para-hydroxylation sites is 1. The zero-order valence-electron chi connectivity index (χ0n) is 18.1. The average Bonchev–Trinajstić information content (AvgIpc) is 3.03. The second kappa shape index (κ2) is 7.24. The van der Waals surface area contributed by atoms with Crippen LogP contribution in [0.1, 0.15) is 61.6 Å². The molecule has 162 valence electrons. The molecule has 0 saturated carbocycles. The Bertz CT molecular complexity index is 1330. The number of hydrogen-bond donors (Lipinski definition) is 2. The molecule has 31 heavy (non-hydrogen) atoms. The number of rotatable bonds is 2. The van der Waals surface area contributed by atoms with E-state index in [0.29, 0.717) is 23.6 Å². The lowest BCUT2D eigenvalue weighted by Gasteiger charge is -2.36. The van der Waals surface area contributed by atoms with E-state index < -0.39 is 5.25 Å². The summed E-state index contributed by atoms with van der Waals surface area (Å²) in [5.74, 6) is 0.637. The molecule has 0 bridgehead atoms. The van der Waals surface area contributed by atoms with Crippen LogP contribution < -0.4 is 11.1 Å². The van der Waals surface area contributed by atoms with Crippen LogP contribution in [0.15, 0.2) is 38.8 Å². The van der Waals surface area contributed by atoms with Crippen LogP contribution in [0.25, 0.3) is 10.9 Å². The van der Waals surface area contributed by atoms with E-state index in [0.717, 1.165) is 34.4 Å². The molecule has 8 heteroatoms. The Balaban J connectivity index is 1.65. The largest absolute Gasteiger partial charge is 0.375 e. The summed E-state index contributed by atoms with van der Waals surface area (Å²) in [4.78, 5) is 33.9. The lowest BCUT2D eigenvalue weighted by molar-refractivity contribution is -0.0705. The SMILES string of the molecule is CC1=Nc2c(c(=O)[nH]n2C2CCOC(C)(C)C2)C(c2cc3cccc(C)c3[nH]c2=O)S1. The maximum Gasteiger partial charge on any atom is 0.271 e. The molecule has 0 radical (unpaired) electrons. The highest BCUT2D eigenvalue weighted by molar-refractivity contribution is 8.14. The van der Waals surface area contributed by atoms with Crippen LogP contribution in [0.4, 0.5) is 5.82 Å². The minimum atomic E-state index is -0.404. The van der Waals surface area contributed by atoms with Crippen molar-refractivity contribution in [3.05, 3.63) is 61.7 Å². The van der Waals surface area contributed by atoms with Crippen LogP contribution in [0, 0.1) is 6.92 Å². The normalized spacial score (nSPS) is 22.9. The first-order valence-corrected chi connectivity index (χ1v) is 11.4. The van der Waals surface area contributed by atoms with E-state index in [-0.39, 0.29) is 22.8 Å². The van der Waals surface area contributed by atoms with E-state index >= 15 is 0 Å². The standard InChI is InChI=1S/C23H26N4O3S/c1-12-6-5-7-14-10-16(21(28)25-18(12)14)19-17-20(24-13(2)31-19)27(26-22(17)29)15-8-9-30-23(3,4)11-15/h5-7,10,15,19H,8-9,11H2,1-4H3,(H,25,28)(H,26,29). The van der Waals surface area contributed by atoms with Gasteiger partial charge >= 0.3 is 0 Å². The van der Waals surface area contributed by atoms with Crippen molar-refractivity contribution < 1.29 is 4.74 Å². The van der Waals surface area contributed by atoms with Crippen molar-refractivity contribution in [2.75, 3.05) is 6.61 Å². The summed E-state index contributed by atoms with van der Waals surface area (Å²) in [6.45, 7) is 8.67. The number of thioether (sulfide) groups is 1. The monoisotopic (exact) mass is 438 g/mol. The summed E-state index contributed by atoms with van der Waals surface area (Å²) in [5.41, 5.74) is 2.37. The van der Waals surface area contributed by atoms with Gasteiger partial charge in [-0.25, -0.2) is 4.99 Å². The van der Waals surface area contributed by atoms with E-state index in [2.05, 4.69) is 23.9 Å². The van der Waals surface area contributed by atoms with Crippen molar-refractivity contribution in [1.29, 1.82) is 0 Å². The number of hydrogen-bond acceptors (Lipinski definition) is 5. The maximum atomic E-state index is 13.1. The Morgan fingerprint density at radius 3 is 2.81 bits per heavy atom. The summed E-state index contributed by atoms with van der Waals surface area (Å²) in [5, 5.41) is 4.41. The first kappa shape index (κ1) is 20.3. The molecule has 0 spiro atoms. The van der Waals surface area contributed by atoms with Gasteiger partial charge in [-0.3, -0.25) is 19.4 Å². The van der Waals surface area contributed by atoms with Gasteiger partial charge in [0, 0.05) is 12.2 Å². The summed E-state index contributed by atoms with van der Waals surface area (Å²) in [7, 11) is 0. The first-order valence-electron chi connectivity index (χ1n) is 10.6. The Kier molecular flexibility index (Phi) is 4.75. The highest BCUT2D eigenvalue weighted by atomic mass is 32.2. The first-order chi connectivity index (χ1) is 14.7. The highest BCUT2D eigenvalue weighted by Crippen LogP contribution is 2.45. The summed E-state index contributed by atoms with van der Waals surface area (Å²) < 4.78 is 7.76. The lowest BCUT2D eigenvalue weighted by Crippen LogP contribution is -2.35. The fourth-order valence-electron chi connectivity index (χ4n) is 4.71. The van der Waals surface area contributed by atoms with Crippen molar-refractivity contribution in [3.63, 3.8) is 0 Å². The molecule has 2 unspecified atom stereocenters. The number of aryl methyl sites for hydroxylation is 1. The molecule has 1 aromatic carbocycles. The smallest absolute Gasteiger partial charge is 0.271 e. The van der Waals surface area contributed by atoms with Crippen LogP contribution in [-0.2, 0) is 4.74 Å². The van der Waals surface area contributed by atoms with E-state index in [1.807, 2.05) is 42.8 Å². The number of nitrogens with one attached hydrogen (secondary N) is 2. The molecule has 2 atom stereocenters. The van der Waals surface area contributed by atoms with E-state index in [4.69, 9.17) is 9.73 Å². The van der Waals surface area contributed by atoms with E-state index in [1.165, 1.54) is 11.8 Å². The summed E-state index contributed by atoms with van der Waals surface area (Å²) >= 11 is 1.45. The second-order valence-corrected chi connectivity index (χ2v) is 10.3. The Hall–Kier alpha value is -2.58. The molecule has 7 nitrogen and oxygen atoms in total. The van der Waals surface area contributed by atoms with Gasteiger partial charge in [0.1, 0.15) is 0 Å². The number of ether oxygens (including phenoxy) is 1. The van der Waals surface area contributed by atoms with Crippen LogP contribution in [0.3, 0.4) is 0 Å². The molecule has 2 aliphatic rings. The van der Waals surface area contributed by atoms with Gasteiger partial charge in [-0.1, -0.05) is 30.0 Å². The second-order valence-electron chi connectivity index (χ2n) is 9.02. The molecule has 2 N–H and O–H groups in total. The van der Waals surface area contributed by atoms with Crippen LogP contribution in [0.5, 0.6) is 0 Å². The number of nitrogens with zero attached hydrogens (tertiary/aromatic N) is 2. The van der Waals surface area contributed by atoms with Gasteiger partial charge in [-0.05, 0) is 57.6 Å². The molecule has 5 rings (SSSR count). The van der Waals surface area contributed by atoms with Crippen molar-refractivity contribution in [3.8, 4) is 0 Å². The number of aromatic amines is 2. The van der Waals surface area contributed by atoms with Crippen LogP contribution in [0.2, 0.25) is 0 Å². The molecular weight excluding hydrogens is 412 g/mol. The average molecular weight is 439 g/mol. The van der Waals surface area contributed by atoms with Crippen LogP contribution >= 0.6 is 11.8 Å². The third-order valence-corrected chi connectivity index (χ3v) is 7.34. The number of fused-ring (bicyclic) bond motifs is 2. The molecule has 2 aromatic heterocycles. The van der Waals surface area contributed by atoms with Gasteiger partial charge in [-0.15, -0.1) is 0 Å². The van der Waals surface area contributed by atoms with Gasteiger partial charge in [0.25, 0.3) is 11.1 Å². The maximum absolute atomic E-state index is 13.1. The fourth-order valence-corrected chi connectivity index (χ4v) is 5.82. The topological polar surface area (TPSA) is 92.2 Å². The minimum Gasteiger partial charge on any atom is -0.375 e. The van der Waals surface area contributed by atoms with Crippen molar-refractivity contribution in [2.45, 2.75) is 57.4 Å². The number of pyridine rings is 1. The van der Waals surface area contributed by atoms with Crippen LogP contribution in [-0.4, -0.2) is 32.0 Å². The zero-order chi connectivity index (χ0) is 21.9. The van der Waals surface area contributed by atoms with Gasteiger partial charge in [0.05, 0.1) is 33.0 Å². The highest BCUT2D eigenvalue weighted by Gasteiger charge is 2.36. The Labute approximate surface area is 183 Å². The van der Waals surface area contributed by atoms with E-state index in [9.17, 15) is 9.59 Å². The molecule has 3 aromatic rings. The molecule has 0 aliphatic carbocycles. The number of aliphatic imine (C=N–C) groups is 1. The number of aromatic nitrogens is 3. The lowest BCUT2D eigenvalue weighted by atomic mass is 9.94. The number of benzene rings is 1. The van der Waals surface area contributed by atoms with Crippen molar-refractivity contribution >= 4 is 33.5 Å². The minimum absolute atomic E-state index is 0.0954. The fraction of sp³-hybridized carbons (Fsp3) is 0.435. The third-order valence-electron chi connectivity index (χ3n) is 6.19. The third kappa shape index (κ3) is 3.47. The molecule has 0 amide bonds. The summed E-state index contributed by atoms with van der Waals surface area (Å²) in [6.07, 6.45) is 1.59. The summed E-state index contributed by atoms with van der Waals surface area (Å²) in [6, 6.07) is 7.94. The Morgan fingerprint density at radius 1 is 1.23 bits per heavy atom. The zero-order valence-corrected chi connectivity index (χ0v) is 18.9.